The first-order valence-corrected chi connectivity index (χ1v) is 8.28. The van der Waals surface area contributed by atoms with Crippen molar-refractivity contribution in [3.63, 3.8) is 0 Å². The Hall–Kier alpha value is -0.210. The molecule has 112 valence electrons. The van der Waals surface area contributed by atoms with Crippen LogP contribution in [0.4, 0.5) is 0 Å². The van der Waals surface area contributed by atoms with Crippen LogP contribution in [0.2, 0.25) is 0 Å². The minimum absolute atomic E-state index is 0.00831. The van der Waals surface area contributed by atoms with Gasteiger partial charge in [-0.25, -0.2) is 0 Å². The van der Waals surface area contributed by atoms with Crippen LogP contribution in [0.5, 0.6) is 0 Å². The van der Waals surface area contributed by atoms with Crippen molar-refractivity contribution in [1.82, 2.24) is 0 Å². The lowest BCUT2D eigenvalue weighted by molar-refractivity contribution is -0.237. The van der Waals surface area contributed by atoms with Crippen LogP contribution in [0.3, 0.4) is 0 Å². The summed E-state index contributed by atoms with van der Waals surface area (Å²) in [6.07, 6.45) is 1.00. The molecule has 0 radical (unpaired) electrons. The smallest absolute Gasteiger partial charge is 0.264 e. The summed E-state index contributed by atoms with van der Waals surface area (Å²) in [6, 6.07) is 0. The van der Waals surface area contributed by atoms with Gasteiger partial charge < -0.3 is 14.2 Å². The first-order valence-electron chi connectivity index (χ1n) is 6.46. The van der Waals surface area contributed by atoms with Crippen LogP contribution >= 0.6 is 0 Å². The maximum absolute atomic E-state index is 11.2. The van der Waals surface area contributed by atoms with E-state index in [0.717, 1.165) is 6.26 Å². The fraction of sp³-hybridized carbons (Fsp3) is 1.00. The van der Waals surface area contributed by atoms with E-state index in [9.17, 15) is 8.42 Å². The number of hydrogen-bond acceptors (Lipinski definition) is 6. The SMILES string of the molecule is CCC1(COS(C)(=O)=O)O[C@@H]2OC(C)(C)O[C@@H]2[C@@H]1C. The Bertz CT molecular complexity index is 445. The molecule has 0 saturated carbocycles. The Morgan fingerprint density at radius 1 is 1.21 bits per heavy atom. The highest BCUT2D eigenvalue weighted by Crippen LogP contribution is 2.47. The molecule has 0 N–H and O–H groups in total. The molecular formula is C12H22O6S. The molecule has 19 heavy (non-hydrogen) atoms. The summed E-state index contributed by atoms with van der Waals surface area (Å²) < 4.78 is 44.7. The fourth-order valence-corrected chi connectivity index (χ4v) is 3.12. The Labute approximate surface area is 114 Å². The fourth-order valence-electron chi connectivity index (χ4n) is 2.70. The van der Waals surface area contributed by atoms with Crippen LogP contribution in [0.25, 0.3) is 0 Å². The molecule has 2 aliphatic heterocycles. The van der Waals surface area contributed by atoms with Crippen molar-refractivity contribution >= 4 is 10.1 Å². The van der Waals surface area contributed by atoms with Crippen molar-refractivity contribution in [2.24, 2.45) is 5.92 Å². The highest BCUT2D eigenvalue weighted by molar-refractivity contribution is 7.85. The molecule has 0 aliphatic carbocycles. The van der Waals surface area contributed by atoms with Gasteiger partial charge in [-0.3, -0.25) is 4.18 Å². The standard InChI is InChI=1S/C12H22O6S/c1-6-12(7-15-19(5,13)14)8(2)9-10(18-12)17-11(3,4)16-9/h8-10H,6-7H2,1-5H3/t8-,9+,10-,12?/m0/s1. The van der Waals surface area contributed by atoms with E-state index in [-0.39, 0.29) is 18.6 Å². The predicted octanol–water partition coefficient (Wildman–Crippen LogP) is 1.26. The lowest BCUT2D eigenvalue weighted by atomic mass is 9.86. The zero-order chi connectivity index (χ0) is 14.5. The zero-order valence-corrected chi connectivity index (χ0v) is 12.8. The van der Waals surface area contributed by atoms with Gasteiger partial charge in [0.05, 0.1) is 12.9 Å². The first-order chi connectivity index (χ1) is 8.59. The Kier molecular flexibility index (Phi) is 3.73. The van der Waals surface area contributed by atoms with E-state index < -0.39 is 27.8 Å². The van der Waals surface area contributed by atoms with Gasteiger partial charge in [0.2, 0.25) is 0 Å². The number of rotatable bonds is 4. The second-order valence-corrected chi connectivity index (χ2v) is 7.40. The molecule has 0 bridgehead atoms. The predicted molar refractivity (Wildman–Crippen MR) is 67.9 cm³/mol. The molecule has 6 nitrogen and oxygen atoms in total. The second kappa shape index (κ2) is 4.66. The average molecular weight is 294 g/mol. The van der Waals surface area contributed by atoms with Crippen molar-refractivity contribution in [2.75, 3.05) is 12.9 Å². The zero-order valence-electron chi connectivity index (χ0n) is 12.0. The van der Waals surface area contributed by atoms with Gasteiger partial charge in [-0.15, -0.1) is 0 Å². The van der Waals surface area contributed by atoms with E-state index >= 15 is 0 Å². The van der Waals surface area contributed by atoms with E-state index in [4.69, 9.17) is 18.4 Å². The van der Waals surface area contributed by atoms with Gasteiger partial charge >= 0.3 is 0 Å². The summed E-state index contributed by atoms with van der Waals surface area (Å²) >= 11 is 0. The molecule has 0 aromatic rings. The first kappa shape index (κ1) is 15.2. The molecule has 0 aromatic heterocycles. The third kappa shape index (κ3) is 2.95. The lowest BCUT2D eigenvalue weighted by Gasteiger charge is -2.33. The molecule has 4 atom stereocenters. The normalized spacial score (nSPS) is 41.4. The molecule has 7 heteroatoms. The molecule has 0 amide bonds. The van der Waals surface area contributed by atoms with E-state index in [2.05, 4.69) is 0 Å². The third-order valence-electron chi connectivity index (χ3n) is 3.88. The molecule has 0 aromatic carbocycles. The molecule has 0 spiro atoms. The van der Waals surface area contributed by atoms with Crippen LogP contribution in [-0.4, -0.2) is 45.1 Å². The Morgan fingerprint density at radius 2 is 1.84 bits per heavy atom. The highest BCUT2D eigenvalue weighted by atomic mass is 32.2. The van der Waals surface area contributed by atoms with Crippen LogP contribution in [0.15, 0.2) is 0 Å². The van der Waals surface area contributed by atoms with E-state index in [1.54, 1.807) is 0 Å². The van der Waals surface area contributed by atoms with E-state index in [0.29, 0.717) is 6.42 Å². The monoisotopic (exact) mass is 294 g/mol. The van der Waals surface area contributed by atoms with Gasteiger partial charge in [0.15, 0.2) is 12.1 Å². The van der Waals surface area contributed by atoms with Gasteiger partial charge in [-0.2, -0.15) is 8.42 Å². The molecule has 2 rings (SSSR count). The molecule has 2 fully saturated rings. The summed E-state index contributed by atoms with van der Waals surface area (Å²) in [7, 11) is -3.49. The lowest BCUT2D eigenvalue weighted by Crippen LogP contribution is -2.43. The van der Waals surface area contributed by atoms with Crippen LogP contribution in [-0.2, 0) is 28.5 Å². The van der Waals surface area contributed by atoms with Gasteiger partial charge in [0, 0.05) is 5.92 Å². The van der Waals surface area contributed by atoms with Crippen LogP contribution in [0, 0.1) is 5.92 Å². The summed E-state index contributed by atoms with van der Waals surface area (Å²) in [5.74, 6) is -0.674. The maximum atomic E-state index is 11.2. The topological polar surface area (TPSA) is 71.1 Å². The molecule has 1 unspecified atom stereocenters. The maximum Gasteiger partial charge on any atom is 0.264 e. The average Bonchev–Trinajstić information content (AvgIpc) is 2.68. The number of ether oxygens (including phenoxy) is 3. The molecule has 2 saturated heterocycles. The van der Waals surface area contributed by atoms with E-state index in [1.807, 2.05) is 27.7 Å². The van der Waals surface area contributed by atoms with Gasteiger partial charge in [-0.1, -0.05) is 13.8 Å². The van der Waals surface area contributed by atoms with Gasteiger partial charge in [0.25, 0.3) is 10.1 Å². The van der Waals surface area contributed by atoms with Crippen LogP contribution in [0.1, 0.15) is 34.1 Å². The van der Waals surface area contributed by atoms with Crippen molar-refractivity contribution < 1.29 is 26.8 Å². The highest BCUT2D eigenvalue weighted by Gasteiger charge is 2.59. The van der Waals surface area contributed by atoms with Crippen molar-refractivity contribution in [1.29, 1.82) is 0 Å². The van der Waals surface area contributed by atoms with Crippen molar-refractivity contribution in [2.45, 2.75) is 57.9 Å². The minimum atomic E-state index is -3.49. The molecular weight excluding hydrogens is 272 g/mol. The van der Waals surface area contributed by atoms with Crippen LogP contribution < -0.4 is 0 Å². The Morgan fingerprint density at radius 3 is 2.32 bits per heavy atom. The third-order valence-corrected chi connectivity index (χ3v) is 4.42. The van der Waals surface area contributed by atoms with Crippen molar-refractivity contribution in [3.8, 4) is 0 Å². The summed E-state index contributed by atoms with van der Waals surface area (Å²) in [5, 5.41) is 0. The summed E-state index contributed by atoms with van der Waals surface area (Å²) in [4.78, 5) is 0. The second-order valence-electron chi connectivity index (χ2n) is 5.76. The van der Waals surface area contributed by atoms with Crippen molar-refractivity contribution in [3.05, 3.63) is 0 Å². The molecule has 2 heterocycles. The minimum Gasteiger partial charge on any atom is -0.341 e. The Balaban J connectivity index is 2.13. The number of hydrogen-bond donors (Lipinski definition) is 0. The van der Waals surface area contributed by atoms with Gasteiger partial charge in [-0.05, 0) is 20.3 Å². The summed E-state index contributed by atoms with van der Waals surface area (Å²) in [6.45, 7) is 7.58. The summed E-state index contributed by atoms with van der Waals surface area (Å²) in [5.41, 5.74) is -0.686. The number of fused-ring (bicyclic) bond motifs is 1. The quantitative estimate of drug-likeness (QED) is 0.727. The van der Waals surface area contributed by atoms with E-state index in [1.165, 1.54) is 0 Å². The van der Waals surface area contributed by atoms with Gasteiger partial charge in [0.1, 0.15) is 11.7 Å². The largest absolute Gasteiger partial charge is 0.341 e. The molecule has 2 aliphatic rings.